The third kappa shape index (κ3) is 3.64. The highest BCUT2D eigenvalue weighted by atomic mass is 28.1. The topological polar surface area (TPSA) is 9.23 Å². The molecule has 0 aliphatic carbocycles. The van der Waals surface area contributed by atoms with Crippen LogP contribution in [0.2, 0.25) is 0 Å². The van der Waals surface area contributed by atoms with Crippen molar-refractivity contribution in [3.8, 4) is 5.75 Å². The predicted octanol–water partition coefficient (Wildman–Crippen LogP) is 1.10. The molecule has 0 radical (unpaired) electrons. The summed E-state index contributed by atoms with van der Waals surface area (Å²) in [6.45, 7) is 7.33. The summed E-state index contributed by atoms with van der Waals surface area (Å²) < 4.78 is 5.74. The highest BCUT2D eigenvalue weighted by Crippen LogP contribution is 2.15. The van der Waals surface area contributed by atoms with E-state index in [-0.39, 0.29) is 5.41 Å². The molecule has 0 spiro atoms. The van der Waals surface area contributed by atoms with Crippen LogP contribution < -0.4 is 9.92 Å². The first-order valence-corrected chi connectivity index (χ1v) is 5.67. The summed E-state index contributed by atoms with van der Waals surface area (Å²) in [5, 5.41) is 1.34. The number of rotatable bonds is 2. The number of para-hydroxylation sites is 1. The van der Waals surface area contributed by atoms with Gasteiger partial charge in [0.15, 0.2) is 0 Å². The summed E-state index contributed by atoms with van der Waals surface area (Å²) in [5.74, 6) is 1.06. The van der Waals surface area contributed by atoms with Crippen molar-refractivity contribution in [2.24, 2.45) is 5.41 Å². The predicted molar refractivity (Wildman–Crippen MR) is 61.0 cm³/mol. The van der Waals surface area contributed by atoms with Gasteiger partial charge in [0, 0.05) is 10.2 Å². The maximum Gasteiger partial charge on any atom is 0.117 e. The lowest BCUT2D eigenvalue weighted by Crippen LogP contribution is -2.19. The Morgan fingerprint density at radius 1 is 1.23 bits per heavy atom. The van der Waals surface area contributed by atoms with Crippen molar-refractivity contribution in [2.45, 2.75) is 20.8 Å². The van der Waals surface area contributed by atoms with Gasteiger partial charge in [-0.05, 0) is 16.7 Å². The molecule has 0 heterocycles. The second kappa shape index (κ2) is 3.96. The van der Waals surface area contributed by atoms with Crippen molar-refractivity contribution in [3.05, 3.63) is 24.3 Å². The largest absolute Gasteiger partial charge is 0.493 e. The Morgan fingerprint density at radius 3 is 2.38 bits per heavy atom. The quantitative estimate of drug-likeness (QED) is 0.641. The van der Waals surface area contributed by atoms with Gasteiger partial charge in [-0.15, -0.1) is 0 Å². The minimum absolute atomic E-state index is 0.240. The zero-order chi connectivity index (χ0) is 9.90. The molecule has 13 heavy (non-hydrogen) atoms. The van der Waals surface area contributed by atoms with Crippen LogP contribution in [0.3, 0.4) is 0 Å². The van der Waals surface area contributed by atoms with E-state index in [0.717, 1.165) is 22.6 Å². The van der Waals surface area contributed by atoms with Crippen LogP contribution in [-0.4, -0.2) is 16.8 Å². The van der Waals surface area contributed by atoms with Crippen LogP contribution >= 0.6 is 0 Å². The lowest BCUT2D eigenvalue weighted by Gasteiger charge is -2.19. The summed E-state index contributed by atoms with van der Waals surface area (Å²) in [5.41, 5.74) is 0.240. The summed E-state index contributed by atoms with van der Waals surface area (Å²) in [6.07, 6.45) is 0. The van der Waals surface area contributed by atoms with E-state index in [0.29, 0.717) is 0 Å². The van der Waals surface area contributed by atoms with Crippen molar-refractivity contribution < 1.29 is 4.74 Å². The average molecular weight is 194 g/mol. The van der Waals surface area contributed by atoms with E-state index in [4.69, 9.17) is 4.74 Å². The van der Waals surface area contributed by atoms with Gasteiger partial charge in [0.2, 0.25) is 0 Å². The van der Waals surface area contributed by atoms with Crippen LogP contribution in [0.1, 0.15) is 20.8 Å². The Balaban J connectivity index is 2.60. The molecule has 0 unspecified atom stereocenters. The van der Waals surface area contributed by atoms with Crippen molar-refractivity contribution in [1.29, 1.82) is 0 Å². The lowest BCUT2D eigenvalue weighted by molar-refractivity contribution is 0.199. The fourth-order valence-electron chi connectivity index (χ4n) is 1.01. The zero-order valence-corrected chi connectivity index (χ0v) is 10.9. The zero-order valence-electron chi connectivity index (χ0n) is 8.92. The second-order valence-electron chi connectivity index (χ2n) is 4.61. The maximum absolute atomic E-state index is 5.74. The van der Waals surface area contributed by atoms with Crippen molar-refractivity contribution in [3.63, 3.8) is 0 Å². The summed E-state index contributed by atoms with van der Waals surface area (Å²) in [4.78, 5) is 0. The molecule has 1 rings (SSSR count). The third-order valence-corrected chi connectivity index (χ3v) is 2.58. The van der Waals surface area contributed by atoms with Gasteiger partial charge in [-0.25, -0.2) is 0 Å². The van der Waals surface area contributed by atoms with Crippen LogP contribution in [-0.2, 0) is 0 Å². The minimum Gasteiger partial charge on any atom is -0.493 e. The highest BCUT2D eigenvalue weighted by Gasteiger charge is 2.11. The van der Waals surface area contributed by atoms with E-state index in [1.54, 1.807) is 0 Å². The molecule has 0 aromatic heterocycles. The van der Waals surface area contributed by atoms with Gasteiger partial charge in [-0.1, -0.05) is 39.0 Å². The van der Waals surface area contributed by atoms with Crippen molar-refractivity contribution in [2.75, 3.05) is 6.61 Å². The smallest absolute Gasteiger partial charge is 0.117 e. The van der Waals surface area contributed by atoms with Gasteiger partial charge < -0.3 is 4.74 Å². The summed E-state index contributed by atoms with van der Waals surface area (Å²) in [6, 6.07) is 8.27. The van der Waals surface area contributed by atoms with Gasteiger partial charge in [-0.2, -0.15) is 0 Å². The second-order valence-corrected chi connectivity index (χ2v) is 5.69. The molecular formula is C11H18OSi. The normalized spacial score (nSPS) is 11.6. The molecule has 0 bridgehead atoms. The van der Waals surface area contributed by atoms with E-state index in [1.165, 1.54) is 5.19 Å². The van der Waals surface area contributed by atoms with Crippen LogP contribution in [0.5, 0.6) is 5.75 Å². The first kappa shape index (κ1) is 10.3. The summed E-state index contributed by atoms with van der Waals surface area (Å²) >= 11 is 0. The number of hydrogen-bond acceptors (Lipinski definition) is 1. The molecule has 1 aromatic rings. The molecule has 0 aliphatic rings. The first-order chi connectivity index (χ1) is 5.99. The van der Waals surface area contributed by atoms with Crippen molar-refractivity contribution >= 4 is 15.4 Å². The Labute approximate surface area is 83.5 Å². The monoisotopic (exact) mass is 194 g/mol. The van der Waals surface area contributed by atoms with E-state index in [9.17, 15) is 0 Å². The molecule has 0 saturated heterocycles. The van der Waals surface area contributed by atoms with Crippen LogP contribution in [0.15, 0.2) is 24.3 Å². The Bertz CT molecular complexity index is 276. The molecular weight excluding hydrogens is 176 g/mol. The molecule has 0 aliphatic heterocycles. The van der Waals surface area contributed by atoms with Gasteiger partial charge in [-0.3, -0.25) is 0 Å². The third-order valence-electron chi connectivity index (χ3n) is 1.75. The molecule has 0 amide bonds. The van der Waals surface area contributed by atoms with Gasteiger partial charge in [0.25, 0.3) is 0 Å². The standard InChI is InChI=1S/C11H18OSi/c1-11(2,3)8-12-9-6-4-5-7-10(9)13/h4-7H,8H2,1-3,13H3. The van der Waals surface area contributed by atoms with Crippen molar-refractivity contribution in [1.82, 2.24) is 0 Å². The van der Waals surface area contributed by atoms with E-state index in [1.807, 2.05) is 12.1 Å². The Hall–Kier alpha value is -0.763. The summed E-state index contributed by atoms with van der Waals surface area (Å²) in [7, 11) is 1.05. The fraction of sp³-hybridized carbons (Fsp3) is 0.455. The first-order valence-electron chi connectivity index (χ1n) is 4.67. The number of ether oxygens (including phenoxy) is 1. The molecule has 1 aromatic carbocycles. The van der Waals surface area contributed by atoms with Gasteiger partial charge >= 0.3 is 0 Å². The van der Waals surface area contributed by atoms with E-state index in [2.05, 4.69) is 32.9 Å². The molecule has 2 heteroatoms. The Morgan fingerprint density at radius 2 is 1.85 bits per heavy atom. The van der Waals surface area contributed by atoms with Crippen LogP contribution in [0, 0.1) is 5.41 Å². The van der Waals surface area contributed by atoms with Crippen LogP contribution in [0.4, 0.5) is 0 Å². The van der Waals surface area contributed by atoms with Gasteiger partial charge in [0.05, 0.1) is 6.61 Å². The molecule has 1 nitrogen and oxygen atoms in total. The van der Waals surface area contributed by atoms with Gasteiger partial charge in [0.1, 0.15) is 5.75 Å². The van der Waals surface area contributed by atoms with E-state index >= 15 is 0 Å². The molecule has 0 saturated carbocycles. The molecule has 0 atom stereocenters. The minimum atomic E-state index is 0.240. The number of hydrogen-bond donors (Lipinski definition) is 0. The highest BCUT2D eigenvalue weighted by molar-refractivity contribution is 6.34. The molecule has 0 fully saturated rings. The van der Waals surface area contributed by atoms with Crippen LogP contribution in [0.25, 0.3) is 0 Å². The Kier molecular flexibility index (Phi) is 3.15. The SMILES string of the molecule is CC(C)(C)COc1ccccc1[SiH3]. The molecule has 0 N–H and O–H groups in total. The fourth-order valence-corrected chi connectivity index (χ4v) is 1.52. The molecule has 72 valence electrons. The van der Waals surface area contributed by atoms with E-state index < -0.39 is 0 Å². The average Bonchev–Trinajstić information content (AvgIpc) is 2.01. The number of benzene rings is 1. The lowest BCUT2D eigenvalue weighted by atomic mass is 9.99. The maximum atomic E-state index is 5.74.